The highest BCUT2D eigenvalue weighted by Gasteiger charge is 2.22. The molecule has 2 atom stereocenters. The van der Waals surface area contributed by atoms with E-state index in [1.165, 1.54) is 12.8 Å². The highest BCUT2D eigenvalue weighted by atomic mass is 16.5. The van der Waals surface area contributed by atoms with Crippen LogP contribution in [0, 0.1) is 11.8 Å². The molecule has 2 aliphatic rings. The maximum atomic E-state index is 12.3. The van der Waals surface area contributed by atoms with Gasteiger partial charge >= 0.3 is 0 Å². The predicted octanol–water partition coefficient (Wildman–Crippen LogP) is 1.88. The number of hydrogen-bond donors (Lipinski definition) is 2. The molecule has 2 aliphatic heterocycles. The molecule has 3 heterocycles. The van der Waals surface area contributed by atoms with E-state index in [9.17, 15) is 4.79 Å². The summed E-state index contributed by atoms with van der Waals surface area (Å²) in [6.45, 7) is 7.60. The Morgan fingerprint density at radius 2 is 2.29 bits per heavy atom. The van der Waals surface area contributed by atoms with Gasteiger partial charge < -0.3 is 20.3 Å². The molecule has 0 radical (unpaired) electrons. The van der Waals surface area contributed by atoms with Crippen LogP contribution < -0.4 is 15.5 Å². The molecule has 0 spiro atoms. The van der Waals surface area contributed by atoms with E-state index in [1.807, 2.05) is 18.3 Å². The second-order valence-electron chi connectivity index (χ2n) is 6.84. The van der Waals surface area contributed by atoms with E-state index >= 15 is 0 Å². The van der Waals surface area contributed by atoms with Crippen LogP contribution in [0.5, 0.6) is 0 Å². The summed E-state index contributed by atoms with van der Waals surface area (Å²) in [6, 6.07) is 3.90. The van der Waals surface area contributed by atoms with Crippen molar-refractivity contribution in [2.24, 2.45) is 11.8 Å². The summed E-state index contributed by atoms with van der Waals surface area (Å²) >= 11 is 0. The summed E-state index contributed by atoms with van der Waals surface area (Å²) in [7, 11) is 0. The predicted molar refractivity (Wildman–Crippen MR) is 95.3 cm³/mol. The summed E-state index contributed by atoms with van der Waals surface area (Å²) in [5.74, 6) is 1.68. The number of carbonyl (C=O) groups is 1. The summed E-state index contributed by atoms with van der Waals surface area (Å²) in [5.41, 5.74) is 1.08. The number of amides is 1. The normalized spacial score (nSPS) is 22.9. The van der Waals surface area contributed by atoms with Gasteiger partial charge in [0.1, 0.15) is 5.82 Å². The van der Waals surface area contributed by atoms with Crippen LogP contribution in [0.3, 0.4) is 0 Å². The Kier molecular flexibility index (Phi) is 6.04. The zero-order valence-electron chi connectivity index (χ0n) is 14.5. The van der Waals surface area contributed by atoms with Crippen molar-refractivity contribution in [1.29, 1.82) is 0 Å². The van der Waals surface area contributed by atoms with Gasteiger partial charge in [-0.1, -0.05) is 6.92 Å². The van der Waals surface area contributed by atoms with E-state index in [0.29, 0.717) is 24.1 Å². The number of carbonyl (C=O) groups excluding carboxylic acids is 1. The fourth-order valence-electron chi connectivity index (χ4n) is 3.49. The first kappa shape index (κ1) is 17.2. The van der Waals surface area contributed by atoms with Gasteiger partial charge in [-0.15, -0.1) is 0 Å². The monoisotopic (exact) mass is 332 g/mol. The van der Waals surface area contributed by atoms with Crippen molar-refractivity contribution in [3.63, 3.8) is 0 Å². The van der Waals surface area contributed by atoms with Gasteiger partial charge in [0.05, 0.1) is 25.1 Å². The fraction of sp³-hybridized carbons (Fsp3) is 0.667. The number of piperidine rings is 1. The Hall–Kier alpha value is -1.66. The van der Waals surface area contributed by atoms with Gasteiger partial charge in [0.2, 0.25) is 5.91 Å². The van der Waals surface area contributed by atoms with Crippen molar-refractivity contribution in [3.05, 3.63) is 18.3 Å². The Labute approximate surface area is 144 Å². The van der Waals surface area contributed by atoms with Crippen LogP contribution in [0.2, 0.25) is 0 Å². The number of nitrogens with zero attached hydrogens (tertiary/aromatic N) is 2. The Balaban J connectivity index is 1.48. The molecule has 6 nitrogen and oxygen atoms in total. The first-order chi connectivity index (χ1) is 11.7. The molecule has 2 fully saturated rings. The number of rotatable bonds is 5. The van der Waals surface area contributed by atoms with Crippen molar-refractivity contribution >= 4 is 17.4 Å². The second-order valence-corrected chi connectivity index (χ2v) is 6.84. The van der Waals surface area contributed by atoms with E-state index in [0.717, 1.165) is 45.1 Å². The molecular formula is C18H28N4O2. The lowest BCUT2D eigenvalue weighted by atomic mass is 9.85. The van der Waals surface area contributed by atoms with Crippen molar-refractivity contribution in [1.82, 2.24) is 10.3 Å². The van der Waals surface area contributed by atoms with Gasteiger partial charge in [-0.05, 0) is 49.9 Å². The summed E-state index contributed by atoms with van der Waals surface area (Å²) in [4.78, 5) is 18.9. The Morgan fingerprint density at radius 1 is 1.46 bits per heavy atom. The summed E-state index contributed by atoms with van der Waals surface area (Å²) < 4.78 is 5.36. The molecule has 24 heavy (non-hydrogen) atoms. The van der Waals surface area contributed by atoms with Crippen LogP contribution in [0.1, 0.15) is 26.2 Å². The standard InChI is InChI=1S/C18H28N4O2/c1-14(15-3-2-6-19-12-15)11-18(23)21-17-5-4-16(13-20-17)22-7-9-24-10-8-22/h4-5,13-15,19H,2-3,6-12H2,1H3,(H,20,21,23). The molecular weight excluding hydrogens is 304 g/mol. The van der Waals surface area contributed by atoms with Crippen LogP contribution in [0.25, 0.3) is 0 Å². The number of pyridine rings is 1. The second kappa shape index (κ2) is 8.44. The zero-order chi connectivity index (χ0) is 16.8. The lowest BCUT2D eigenvalue weighted by molar-refractivity contribution is -0.117. The van der Waals surface area contributed by atoms with Crippen LogP contribution >= 0.6 is 0 Å². The number of ether oxygens (including phenoxy) is 1. The highest BCUT2D eigenvalue weighted by molar-refractivity contribution is 5.90. The van der Waals surface area contributed by atoms with Gasteiger partial charge in [-0.3, -0.25) is 4.79 Å². The maximum absolute atomic E-state index is 12.3. The van der Waals surface area contributed by atoms with Crippen LogP contribution in [-0.4, -0.2) is 50.3 Å². The smallest absolute Gasteiger partial charge is 0.225 e. The Bertz CT molecular complexity index is 522. The van der Waals surface area contributed by atoms with Gasteiger partial charge in [-0.2, -0.15) is 0 Å². The SMILES string of the molecule is CC(CC(=O)Nc1ccc(N2CCOCC2)cn1)C1CCCNC1. The third-order valence-electron chi connectivity index (χ3n) is 5.04. The molecule has 6 heteroatoms. The van der Waals surface area contributed by atoms with Gasteiger partial charge in [-0.25, -0.2) is 4.98 Å². The Morgan fingerprint density at radius 3 is 2.96 bits per heavy atom. The van der Waals surface area contributed by atoms with Crippen molar-refractivity contribution < 1.29 is 9.53 Å². The van der Waals surface area contributed by atoms with E-state index < -0.39 is 0 Å². The molecule has 1 amide bonds. The molecule has 132 valence electrons. The first-order valence-electron chi connectivity index (χ1n) is 9.01. The molecule has 0 aliphatic carbocycles. The summed E-state index contributed by atoms with van der Waals surface area (Å²) in [5, 5.41) is 6.35. The summed E-state index contributed by atoms with van der Waals surface area (Å²) in [6.07, 6.45) is 4.81. The minimum absolute atomic E-state index is 0.0553. The van der Waals surface area contributed by atoms with E-state index in [1.54, 1.807) is 0 Å². The van der Waals surface area contributed by atoms with Crippen molar-refractivity contribution in [2.45, 2.75) is 26.2 Å². The zero-order valence-corrected chi connectivity index (χ0v) is 14.5. The lowest BCUT2D eigenvalue weighted by Gasteiger charge is -2.28. The molecule has 3 rings (SSSR count). The number of hydrogen-bond acceptors (Lipinski definition) is 5. The third-order valence-corrected chi connectivity index (χ3v) is 5.04. The van der Waals surface area contributed by atoms with Crippen molar-refractivity contribution in [3.8, 4) is 0 Å². The third kappa shape index (κ3) is 4.68. The van der Waals surface area contributed by atoms with E-state index in [2.05, 4.69) is 27.4 Å². The number of morpholine rings is 1. The molecule has 0 saturated carbocycles. The topological polar surface area (TPSA) is 66.5 Å². The first-order valence-corrected chi connectivity index (χ1v) is 9.01. The largest absolute Gasteiger partial charge is 0.378 e. The van der Waals surface area contributed by atoms with Crippen LogP contribution in [0.4, 0.5) is 11.5 Å². The van der Waals surface area contributed by atoms with Gasteiger partial charge in [0, 0.05) is 19.5 Å². The quantitative estimate of drug-likeness (QED) is 0.862. The van der Waals surface area contributed by atoms with Crippen LogP contribution in [0.15, 0.2) is 18.3 Å². The van der Waals surface area contributed by atoms with E-state index in [4.69, 9.17) is 4.74 Å². The number of nitrogens with one attached hydrogen (secondary N) is 2. The average Bonchev–Trinajstić information content (AvgIpc) is 2.64. The number of aromatic nitrogens is 1. The van der Waals surface area contributed by atoms with Crippen LogP contribution in [-0.2, 0) is 9.53 Å². The minimum Gasteiger partial charge on any atom is -0.378 e. The number of anilines is 2. The molecule has 2 N–H and O–H groups in total. The van der Waals surface area contributed by atoms with Crippen molar-refractivity contribution in [2.75, 3.05) is 49.6 Å². The molecule has 1 aromatic rings. The lowest BCUT2D eigenvalue weighted by Crippen LogP contribution is -2.36. The highest BCUT2D eigenvalue weighted by Crippen LogP contribution is 2.23. The van der Waals surface area contributed by atoms with Gasteiger partial charge in [0.25, 0.3) is 0 Å². The average molecular weight is 332 g/mol. The molecule has 1 aromatic heterocycles. The molecule has 0 aromatic carbocycles. The molecule has 2 saturated heterocycles. The fourth-order valence-corrected chi connectivity index (χ4v) is 3.49. The molecule has 2 unspecified atom stereocenters. The molecule has 0 bridgehead atoms. The van der Waals surface area contributed by atoms with E-state index in [-0.39, 0.29) is 5.91 Å². The van der Waals surface area contributed by atoms with Gasteiger partial charge in [0.15, 0.2) is 0 Å². The maximum Gasteiger partial charge on any atom is 0.225 e. The minimum atomic E-state index is 0.0553.